The summed E-state index contributed by atoms with van der Waals surface area (Å²) < 4.78 is 10.4. The number of carboxylic acid groups (broad SMARTS) is 1. The lowest BCUT2D eigenvalue weighted by molar-refractivity contribution is -0.147. The lowest BCUT2D eigenvalue weighted by Crippen LogP contribution is -2.33. The lowest BCUT2D eigenvalue weighted by atomic mass is 9.90. The lowest BCUT2D eigenvalue weighted by Gasteiger charge is -2.19. The maximum Gasteiger partial charge on any atom is 0.310 e. The van der Waals surface area contributed by atoms with E-state index in [1.54, 1.807) is 7.11 Å². The summed E-state index contributed by atoms with van der Waals surface area (Å²) in [6.45, 7) is 6.21. The quantitative estimate of drug-likeness (QED) is 0.642. The van der Waals surface area contributed by atoms with Crippen LogP contribution in [0.1, 0.15) is 19.8 Å². The van der Waals surface area contributed by atoms with Gasteiger partial charge in [0.25, 0.3) is 0 Å². The van der Waals surface area contributed by atoms with Crippen molar-refractivity contribution < 1.29 is 19.4 Å². The molecule has 1 rings (SSSR count). The maximum absolute atomic E-state index is 11.0. The Bertz CT molecular complexity index is 247. The van der Waals surface area contributed by atoms with Crippen molar-refractivity contribution in [3.8, 4) is 0 Å². The van der Waals surface area contributed by atoms with Crippen molar-refractivity contribution in [2.45, 2.75) is 19.8 Å². The number of ether oxygens (including phenoxy) is 2. The second-order valence-electron chi connectivity index (χ2n) is 4.85. The average Bonchev–Trinajstić information content (AvgIpc) is 2.67. The fraction of sp³-hybridized carbons (Fsp3) is 0.917. The SMILES string of the molecule is COCCCOCCN1CCC(C)(C(=O)O)C1. The van der Waals surface area contributed by atoms with Crippen molar-refractivity contribution in [1.29, 1.82) is 0 Å². The molecular formula is C12H23NO4. The average molecular weight is 245 g/mol. The van der Waals surface area contributed by atoms with Crippen molar-refractivity contribution in [2.24, 2.45) is 5.41 Å². The Kier molecular flexibility index (Phi) is 5.88. The van der Waals surface area contributed by atoms with Gasteiger partial charge in [0.2, 0.25) is 0 Å². The molecule has 1 fully saturated rings. The highest BCUT2D eigenvalue weighted by molar-refractivity contribution is 5.74. The van der Waals surface area contributed by atoms with E-state index < -0.39 is 11.4 Å². The maximum atomic E-state index is 11.0. The minimum Gasteiger partial charge on any atom is -0.481 e. The molecule has 0 bridgehead atoms. The Hall–Kier alpha value is -0.650. The minimum atomic E-state index is -0.694. The summed E-state index contributed by atoms with van der Waals surface area (Å²) in [5.41, 5.74) is -0.573. The van der Waals surface area contributed by atoms with E-state index in [0.29, 0.717) is 19.8 Å². The van der Waals surface area contributed by atoms with Crippen LogP contribution >= 0.6 is 0 Å². The number of hydrogen-bond acceptors (Lipinski definition) is 4. The second kappa shape index (κ2) is 6.93. The summed E-state index contributed by atoms with van der Waals surface area (Å²) in [5, 5.41) is 9.09. The molecule has 5 heteroatoms. The number of hydrogen-bond donors (Lipinski definition) is 1. The predicted molar refractivity (Wildman–Crippen MR) is 64.1 cm³/mol. The molecule has 1 aliphatic rings. The summed E-state index contributed by atoms with van der Waals surface area (Å²) in [4.78, 5) is 13.2. The van der Waals surface area contributed by atoms with Crippen LogP contribution in [0.15, 0.2) is 0 Å². The first kappa shape index (κ1) is 14.4. The second-order valence-corrected chi connectivity index (χ2v) is 4.85. The van der Waals surface area contributed by atoms with Gasteiger partial charge < -0.3 is 14.6 Å². The van der Waals surface area contributed by atoms with Crippen LogP contribution < -0.4 is 0 Å². The van der Waals surface area contributed by atoms with Gasteiger partial charge in [-0.25, -0.2) is 0 Å². The molecule has 0 saturated carbocycles. The fourth-order valence-corrected chi connectivity index (χ4v) is 2.02. The van der Waals surface area contributed by atoms with E-state index in [0.717, 1.165) is 32.5 Å². The van der Waals surface area contributed by atoms with Crippen molar-refractivity contribution in [1.82, 2.24) is 4.90 Å². The van der Waals surface area contributed by atoms with Crippen molar-refractivity contribution in [3.63, 3.8) is 0 Å². The molecule has 17 heavy (non-hydrogen) atoms. The van der Waals surface area contributed by atoms with Gasteiger partial charge in [0.1, 0.15) is 0 Å². The van der Waals surface area contributed by atoms with Gasteiger partial charge in [-0.05, 0) is 26.3 Å². The van der Waals surface area contributed by atoms with Gasteiger partial charge in [0, 0.05) is 33.4 Å². The molecule has 0 radical (unpaired) electrons. The highest BCUT2D eigenvalue weighted by Crippen LogP contribution is 2.29. The Morgan fingerprint density at radius 3 is 2.76 bits per heavy atom. The number of carbonyl (C=O) groups is 1. The number of nitrogens with zero attached hydrogens (tertiary/aromatic N) is 1. The molecule has 5 nitrogen and oxygen atoms in total. The highest BCUT2D eigenvalue weighted by Gasteiger charge is 2.39. The van der Waals surface area contributed by atoms with Crippen molar-refractivity contribution in [3.05, 3.63) is 0 Å². The van der Waals surface area contributed by atoms with Gasteiger partial charge in [-0.15, -0.1) is 0 Å². The third-order valence-corrected chi connectivity index (χ3v) is 3.26. The molecule has 0 aromatic heterocycles. The summed E-state index contributed by atoms with van der Waals surface area (Å²) in [5.74, 6) is -0.694. The number of likely N-dealkylation sites (tertiary alicyclic amines) is 1. The van der Waals surface area contributed by atoms with E-state index in [4.69, 9.17) is 14.6 Å². The molecule has 1 N–H and O–H groups in total. The van der Waals surface area contributed by atoms with E-state index in [1.807, 2.05) is 6.92 Å². The smallest absolute Gasteiger partial charge is 0.310 e. The third-order valence-electron chi connectivity index (χ3n) is 3.26. The largest absolute Gasteiger partial charge is 0.481 e. The van der Waals surface area contributed by atoms with Gasteiger partial charge in [-0.3, -0.25) is 9.69 Å². The summed E-state index contributed by atoms with van der Waals surface area (Å²) >= 11 is 0. The molecule has 1 atom stereocenters. The Morgan fingerprint density at radius 1 is 1.41 bits per heavy atom. The number of aliphatic carboxylic acids is 1. The van der Waals surface area contributed by atoms with Gasteiger partial charge in [-0.1, -0.05) is 0 Å². The van der Waals surface area contributed by atoms with E-state index in [2.05, 4.69) is 4.90 Å². The van der Waals surface area contributed by atoms with Crippen molar-refractivity contribution >= 4 is 5.97 Å². The third kappa shape index (κ3) is 4.61. The molecule has 1 heterocycles. The zero-order valence-corrected chi connectivity index (χ0v) is 10.8. The Balaban J connectivity index is 2.08. The molecule has 1 aliphatic heterocycles. The molecule has 0 aromatic rings. The van der Waals surface area contributed by atoms with E-state index in [1.165, 1.54) is 0 Å². The normalized spacial score (nSPS) is 25.3. The van der Waals surface area contributed by atoms with Gasteiger partial charge in [-0.2, -0.15) is 0 Å². The molecule has 1 saturated heterocycles. The van der Waals surface area contributed by atoms with Crippen LogP contribution in [0, 0.1) is 5.41 Å². The predicted octanol–water partition coefficient (Wildman–Crippen LogP) is 0.836. The van der Waals surface area contributed by atoms with Crippen LogP contribution in [0.25, 0.3) is 0 Å². The molecule has 0 aromatic carbocycles. The van der Waals surface area contributed by atoms with Gasteiger partial charge >= 0.3 is 5.97 Å². The molecule has 100 valence electrons. The van der Waals surface area contributed by atoms with Crippen LogP contribution in [0.2, 0.25) is 0 Å². The van der Waals surface area contributed by atoms with Crippen LogP contribution in [0.5, 0.6) is 0 Å². The summed E-state index contributed by atoms with van der Waals surface area (Å²) in [7, 11) is 1.68. The zero-order valence-electron chi connectivity index (χ0n) is 10.8. The van der Waals surface area contributed by atoms with Gasteiger partial charge in [0.15, 0.2) is 0 Å². The number of methoxy groups -OCH3 is 1. The van der Waals surface area contributed by atoms with E-state index in [-0.39, 0.29) is 0 Å². The summed E-state index contributed by atoms with van der Waals surface area (Å²) in [6, 6.07) is 0. The van der Waals surface area contributed by atoms with E-state index >= 15 is 0 Å². The molecule has 1 unspecified atom stereocenters. The van der Waals surface area contributed by atoms with E-state index in [9.17, 15) is 4.79 Å². The summed E-state index contributed by atoms with van der Waals surface area (Å²) in [6.07, 6.45) is 1.63. The topological polar surface area (TPSA) is 59.0 Å². The minimum absolute atomic E-state index is 0.573. The first-order valence-corrected chi connectivity index (χ1v) is 6.11. The number of carboxylic acids is 1. The van der Waals surface area contributed by atoms with Crippen LogP contribution in [0.4, 0.5) is 0 Å². The van der Waals surface area contributed by atoms with Crippen LogP contribution in [-0.2, 0) is 14.3 Å². The molecular weight excluding hydrogens is 222 g/mol. The van der Waals surface area contributed by atoms with Crippen molar-refractivity contribution in [2.75, 3.05) is 46.6 Å². The number of rotatable bonds is 8. The first-order valence-electron chi connectivity index (χ1n) is 6.11. The Morgan fingerprint density at radius 2 is 2.18 bits per heavy atom. The Labute approximate surface area is 103 Å². The van der Waals surface area contributed by atoms with Crippen LogP contribution in [0.3, 0.4) is 0 Å². The van der Waals surface area contributed by atoms with Crippen LogP contribution in [-0.4, -0.2) is 62.5 Å². The first-order chi connectivity index (χ1) is 8.08. The monoisotopic (exact) mass is 245 g/mol. The zero-order chi connectivity index (χ0) is 12.7. The standard InChI is InChI=1S/C12H23NO4/c1-12(11(14)15)4-5-13(10-12)6-9-17-8-3-7-16-2/h3-10H2,1-2H3,(H,14,15). The molecule has 0 spiro atoms. The van der Waals surface area contributed by atoms with Gasteiger partial charge in [0.05, 0.1) is 12.0 Å². The highest BCUT2D eigenvalue weighted by atomic mass is 16.5. The molecule has 0 amide bonds. The fourth-order valence-electron chi connectivity index (χ4n) is 2.02. The molecule has 0 aliphatic carbocycles.